The minimum absolute atomic E-state index is 0.276. The first-order chi connectivity index (χ1) is 10.3. The van der Waals surface area contributed by atoms with Crippen LogP contribution in [0.4, 0.5) is 0 Å². The number of hydrogen-bond acceptors (Lipinski definition) is 5. The molecule has 0 saturated carbocycles. The Hall–Kier alpha value is -2.60. The van der Waals surface area contributed by atoms with E-state index in [1.807, 2.05) is 47.8 Å². The van der Waals surface area contributed by atoms with Crippen LogP contribution in [0.5, 0.6) is 0 Å². The van der Waals surface area contributed by atoms with Crippen molar-refractivity contribution in [2.24, 2.45) is 5.10 Å². The van der Waals surface area contributed by atoms with Crippen molar-refractivity contribution in [3.63, 3.8) is 0 Å². The minimum atomic E-state index is -0.276. The fraction of sp³-hybridized carbons (Fsp3) is 0.0667. The SMILES string of the molecule is Cc1nnc(-c2ccccc2)c(=O)n1/N=C\c1cccs1. The molecule has 1 aromatic carbocycles. The lowest BCUT2D eigenvalue weighted by Gasteiger charge is -2.04. The summed E-state index contributed by atoms with van der Waals surface area (Å²) in [7, 11) is 0. The average molecular weight is 296 g/mol. The van der Waals surface area contributed by atoms with E-state index in [9.17, 15) is 4.79 Å². The number of aryl methyl sites for hydroxylation is 1. The highest BCUT2D eigenvalue weighted by molar-refractivity contribution is 7.11. The number of thiophene rings is 1. The molecule has 0 atom stereocenters. The lowest BCUT2D eigenvalue weighted by Crippen LogP contribution is -2.23. The summed E-state index contributed by atoms with van der Waals surface area (Å²) in [6.07, 6.45) is 1.65. The Bertz CT molecular complexity index is 823. The molecule has 104 valence electrons. The van der Waals surface area contributed by atoms with Gasteiger partial charge in [0.1, 0.15) is 0 Å². The number of benzene rings is 1. The van der Waals surface area contributed by atoms with E-state index in [-0.39, 0.29) is 5.56 Å². The van der Waals surface area contributed by atoms with Crippen LogP contribution in [-0.4, -0.2) is 21.1 Å². The monoisotopic (exact) mass is 296 g/mol. The summed E-state index contributed by atoms with van der Waals surface area (Å²) in [4.78, 5) is 13.5. The molecule has 3 aromatic rings. The van der Waals surface area contributed by atoms with E-state index in [0.29, 0.717) is 11.5 Å². The molecule has 0 saturated heterocycles. The largest absolute Gasteiger partial charge is 0.301 e. The lowest BCUT2D eigenvalue weighted by atomic mass is 10.2. The highest BCUT2D eigenvalue weighted by atomic mass is 32.1. The van der Waals surface area contributed by atoms with Gasteiger partial charge in [0.2, 0.25) is 0 Å². The molecule has 2 aromatic heterocycles. The smallest absolute Gasteiger partial charge is 0.265 e. The van der Waals surface area contributed by atoms with E-state index in [2.05, 4.69) is 15.3 Å². The zero-order valence-electron chi connectivity index (χ0n) is 11.3. The van der Waals surface area contributed by atoms with Crippen molar-refractivity contribution in [1.82, 2.24) is 14.9 Å². The molecule has 3 rings (SSSR count). The Morgan fingerprint density at radius 2 is 1.95 bits per heavy atom. The molecule has 5 nitrogen and oxygen atoms in total. The van der Waals surface area contributed by atoms with Gasteiger partial charge in [0.15, 0.2) is 11.5 Å². The van der Waals surface area contributed by atoms with Crippen LogP contribution < -0.4 is 5.56 Å². The summed E-state index contributed by atoms with van der Waals surface area (Å²) < 4.78 is 1.27. The van der Waals surface area contributed by atoms with Gasteiger partial charge in [0.05, 0.1) is 6.21 Å². The van der Waals surface area contributed by atoms with Gasteiger partial charge in [0.25, 0.3) is 0 Å². The predicted molar refractivity (Wildman–Crippen MR) is 83.8 cm³/mol. The van der Waals surface area contributed by atoms with Gasteiger partial charge in [-0.1, -0.05) is 36.4 Å². The summed E-state index contributed by atoms with van der Waals surface area (Å²) in [6, 6.07) is 13.1. The highest BCUT2D eigenvalue weighted by Crippen LogP contribution is 2.11. The van der Waals surface area contributed by atoms with Gasteiger partial charge in [-0.3, -0.25) is 4.79 Å². The van der Waals surface area contributed by atoms with Crippen LogP contribution >= 0.6 is 11.3 Å². The summed E-state index contributed by atoms with van der Waals surface area (Å²) in [5.74, 6) is 0.451. The third-order valence-corrected chi connectivity index (χ3v) is 3.69. The van der Waals surface area contributed by atoms with Crippen molar-refractivity contribution < 1.29 is 0 Å². The molecule has 0 amide bonds. The van der Waals surface area contributed by atoms with Crippen LogP contribution in [0.3, 0.4) is 0 Å². The fourth-order valence-electron chi connectivity index (χ4n) is 1.85. The molecule has 0 bridgehead atoms. The Morgan fingerprint density at radius 1 is 1.14 bits per heavy atom. The van der Waals surface area contributed by atoms with Crippen LogP contribution in [0, 0.1) is 6.92 Å². The second-order valence-corrected chi connectivity index (χ2v) is 5.32. The van der Waals surface area contributed by atoms with E-state index in [4.69, 9.17) is 0 Å². The van der Waals surface area contributed by atoms with Gasteiger partial charge in [-0.2, -0.15) is 9.78 Å². The second-order valence-electron chi connectivity index (χ2n) is 4.34. The lowest BCUT2D eigenvalue weighted by molar-refractivity contribution is 0.717. The molecule has 0 radical (unpaired) electrons. The first-order valence-electron chi connectivity index (χ1n) is 6.35. The molecule has 0 spiro atoms. The zero-order valence-corrected chi connectivity index (χ0v) is 12.1. The molecule has 0 aliphatic rings. The zero-order chi connectivity index (χ0) is 14.7. The molecule has 0 aliphatic heterocycles. The number of nitrogens with zero attached hydrogens (tertiary/aromatic N) is 4. The molecule has 0 N–H and O–H groups in total. The van der Waals surface area contributed by atoms with Crippen molar-refractivity contribution >= 4 is 17.6 Å². The Morgan fingerprint density at radius 3 is 2.67 bits per heavy atom. The Balaban J connectivity index is 2.07. The van der Waals surface area contributed by atoms with E-state index in [1.54, 1.807) is 24.5 Å². The maximum absolute atomic E-state index is 12.5. The van der Waals surface area contributed by atoms with Gasteiger partial charge in [-0.15, -0.1) is 21.5 Å². The maximum Gasteiger partial charge on any atom is 0.301 e. The Kier molecular flexibility index (Phi) is 3.70. The first kappa shape index (κ1) is 13.4. The minimum Gasteiger partial charge on any atom is -0.265 e. The highest BCUT2D eigenvalue weighted by Gasteiger charge is 2.10. The number of rotatable bonds is 3. The van der Waals surface area contributed by atoms with Crippen LogP contribution in [0.15, 0.2) is 57.7 Å². The molecule has 21 heavy (non-hydrogen) atoms. The molecular formula is C15H12N4OS. The maximum atomic E-state index is 12.5. The second kappa shape index (κ2) is 5.80. The molecule has 2 heterocycles. The first-order valence-corrected chi connectivity index (χ1v) is 7.23. The summed E-state index contributed by atoms with van der Waals surface area (Å²) in [6.45, 7) is 1.70. The molecule has 0 unspecified atom stereocenters. The third kappa shape index (κ3) is 2.80. The van der Waals surface area contributed by atoms with Crippen molar-refractivity contribution in [3.05, 3.63) is 68.9 Å². The average Bonchev–Trinajstić information content (AvgIpc) is 3.01. The van der Waals surface area contributed by atoms with E-state index < -0.39 is 0 Å². The normalized spacial score (nSPS) is 11.1. The van der Waals surface area contributed by atoms with E-state index in [0.717, 1.165) is 10.4 Å². The molecule has 6 heteroatoms. The van der Waals surface area contributed by atoms with E-state index in [1.165, 1.54) is 4.68 Å². The summed E-state index contributed by atoms with van der Waals surface area (Å²) in [5.41, 5.74) is 0.751. The summed E-state index contributed by atoms with van der Waals surface area (Å²) >= 11 is 1.55. The van der Waals surface area contributed by atoms with Crippen molar-refractivity contribution in [2.45, 2.75) is 6.92 Å². The van der Waals surface area contributed by atoms with Gasteiger partial charge >= 0.3 is 5.56 Å². The van der Waals surface area contributed by atoms with Gasteiger partial charge in [0, 0.05) is 10.4 Å². The van der Waals surface area contributed by atoms with Crippen LogP contribution in [0.25, 0.3) is 11.3 Å². The Labute approximate surface area is 125 Å². The van der Waals surface area contributed by atoms with Gasteiger partial charge < -0.3 is 0 Å². The number of aromatic nitrogens is 3. The predicted octanol–water partition coefficient (Wildman–Crippen LogP) is 2.56. The van der Waals surface area contributed by atoms with E-state index >= 15 is 0 Å². The van der Waals surface area contributed by atoms with Crippen LogP contribution in [-0.2, 0) is 0 Å². The standard InChI is InChI=1S/C15H12N4OS/c1-11-17-18-14(12-6-3-2-4-7-12)15(20)19(11)16-10-13-8-5-9-21-13/h2-10H,1H3/b16-10-. The van der Waals surface area contributed by atoms with Crippen molar-refractivity contribution in [1.29, 1.82) is 0 Å². The third-order valence-electron chi connectivity index (χ3n) is 2.89. The van der Waals surface area contributed by atoms with Crippen LogP contribution in [0.1, 0.15) is 10.7 Å². The topological polar surface area (TPSA) is 60.1 Å². The van der Waals surface area contributed by atoms with Crippen molar-refractivity contribution in [2.75, 3.05) is 0 Å². The fourth-order valence-corrected chi connectivity index (χ4v) is 2.43. The van der Waals surface area contributed by atoms with Gasteiger partial charge in [-0.25, -0.2) is 0 Å². The van der Waals surface area contributed by atoms with Crippen LogP contribution in [0.2, 0.25) is 0 Å². The molecule has 0 fully saturated rings. The quantitative estimate of drug-likeness (QED) is 0.698. The molecular weight excluding hydrogens is 284 g/mol. The number of hydrogen-bond donors (Lipinski definition) is 0. The van der Waals surface area contributed by atoms with Crippen molar-refractivity contribution in [3.8, 4) is 11.3 Å². The summed E-state index contributed by atoms with van der Waals surface area (Å²) in [5, 5.41) is 14.2. The van der Waals surface area contributed by atoms with Gasteiger partial charge in [-0.05, 0) is 18.4 Å². The molecule has 0 aliphatic carbocycles.